The molecule has 1 aliphatic heterocycles. The molecule has 0 saturated heterocycles. The Morgan fingerprint density at radius 2 is 2.25 bits per heavy atom. The van der Waals surface area contributed by atoms with Crippen LogP contribution in [0.5, 0.6) is 5.75 Å². The molecular weight excluding hydrogens is 198 g/mol. The quantitative estimate of drug-likeness (QED) is 0.742. The van der Waals surface area contributed by atoms with Crippen molar-refractivity contribution < 1.29 is 4.74 Å². The first kappa shape index (κ1) is 11.5. The van der Waals surface area contributed by atoms with E-state index in [1.807, 2.05) is 0 Å². The Kier molecular flexibility index (Phi) is 4.23. The van der Waals surface area contributed by atoms with Crippen LogP contribution in [-0.2, 0) is 12.8 Å². The molecule has 1 heterocycles. The molecule has 0 saturated carbocycles. The van der Waals surface area contributed by atoms with E-state index < -0.39 is 0 Å². The van der Waals surface area contributed by atoms with E-state index in [0.29, 0.717) is 0 Å². The zero-order chi connectivity index (χ0) is 11.2. The first-order valence-electron chi connectivity index (χ1n) is 6.35. The molecule has 0 atom stereocenters. The molecule has 2 heteroatoms. The van der Waals surface area contributed by atoms with Gasteiger partial charge in [0.1, 0.15) is 5.75 Å². The normalized spacial score (nSPS) is 13.6. The lowest BCUT2D eigenvalue weighted by molar-refractivity contribution is 0.357. The molecule has 1 N–H and O–H groups in total. The van der Waals surface area contributed by atoms with Gasteiger partial charge in [-0.2, -0.15) is 0 Å². The number of rotatable bonds is 6. The van der Waals surface area contributed by atoms with E-state index >= 15 is 0 Å². The van der Waals surface area contributed by atoms with Crippen molar-refractivity contribution in [3.63, 3.8) is 0 Å². The molecule has 1 aliphatic rings. The number of hydrogen-bond donors (Lipinski definition) is 1. The third-order valence-electron chi connectivity index (χ3n) is 3.05. The van der Waals surface area contributed by atoms with Crippen LogP contribution in [0.15, 0.2) is 18.2 Å². The lowest BCUT2D eigenvalue weighted by Crippen LogP contribution is -2.18. The highest BCUT2D eigenvalue weighted by molar-refractivity contribution is 5.39. The molecule has 2 rings (SSSR count). The molecule has 0 radical (unpaired) electrons. The Morgan fingerprint density at radius 1 is 1.31 bits per heavy atom. The maximum Gasteiger partial charge on any atom is 0.122 e. The van der Waals surface area contributed by atoms with Crippen LogP contribution >= 0.6 is 0 Å². The van der Waals surface area contributed by atoms with Crippen molar-refractivity contribution in [1.29, 1.82) is 0 Å². The van der Waals surface area contributed by atoms with Crippen LogP contribution in [0, 0.1) is 0 Å². The van der Waals surface area contributed by atoms with Crippen LogP contribution in [-0.4, -0.2) is 19.7 Å². The zero-order valence-electron chi connectivity index (χ0n) is 10.1. The fourth-order valence-corrected chi connectivity index (χ4v) is 2.05. The SMILES string of the molecule is CCCCNCCc1ccc2c(c1)CCO2. The van der Waals surface area contributed by atoms with Crippen LogP contribution in [0.4, 0.5) is 0 Å². The van der Waals surface area contributed by atoms with Crippen molar-refractivity contribution in [2.45, 2.75) is 32.6 Å². The zero-order valence-corrected chi connectivity index (χ0v) is 10.1. The number of nitrogens with one attached hydrogen (secondary N) is 1. The van der Waals surface area contributed by atoms with Gasteiger partial charge >= 0.3 is 0 Å². The lowest BCUT2D eigenvalue weighted by Gasteiger charge is -2.05. The van der Waals surface area contributed by atoms with Crippen LogP contribution in [0.3, 0.4) is 0 Å². The first-order chi connectivity index (χ1) is 7.90. The number of unbranched alkanes of at least 4 members (excludes halogenated alkanes) is 1. The summed E-state index contributed by atoms with van der Waals surface area (Å²) in [7, 11) is 0. The second kappa shape index (κ2) is 5.90. The van der Waals surface area contributed by atoms with Crippen molar-refractivity contribution in [2.24, 2.45) is 0 Å². The highest BCUT2D eigenvalue weighted by Gasteiger charge is 2.11. The average molecular weight is 219 g/mol. The average Bonchev–Trinajstić information content (AvgIpc) is 2.76. The van der Waals surface area contributed by atoms with Gasteiger partial charge in [-0.3, -0.25) is 0 Å². The molecule has 0 aromatic heterocycles. The second-order valence-corrected chi connectivity index (χ2v) is 4.39. The minimum Gasteiger partial charge on any atom is -0.493 e. The molecule has 88 valence electrons. The van der Waals surface area contributed by atoms with Crippen molar-refractivity contribution in [2.75, 3.05) is 19.7 Å². The second-order valence-electron chi connectivity index (χ2n) is 4.39. The van der Waals surface area contributed by atoms with Gasteiger partial charge in [-0.15, -0.1) is 0 Å². The fourth-order valence-electron chi connectivity index (χ4n) is 2.05. The molecule has 0 amide bonds. The maximum atomic E-state index is 5.50. The molecule has 0 unspecified atom stereocenters. The fraction of sp³-hybridized carbons (Fsp3) is 0.571. The summed E-state index contributed by atoms with van der Waals surface area (Å²) in [5.74, 6) is 1.09. The Labute approximate surface area is 98.0 Å². The molecule has 1 aromatic rings. The Balaban J connectivity index is 1.77. The maximum absolute atomic E-state index is 5.50. The van der Waals surface area contributed by atoms with Gasteiger partial charge in [0.2, 0.25) is 0 Å². The highest BCUT2D eigenvalue weighted by atomic mass is 16.5. The molecular formula is C14H21NO. The summed E-state index contributed by atoms with van der Waals surface area (Å²) < 4.78 is 5.50. The van der Waals surface area contributed by atoms with Gasteiger partial charge in [-0.25, -0.2) is 0 Å². The predicted molar refractivity (Wildman–Crippen MR) is 67.1 cm³/mol. The van der Waals surface area contributed by atoms with Gasteiger partial charge in [-0.1, -0.05) is 25.5 Å². The molecule has 0 fully saturated rings. The predicted octanol–water partition coefficient (Wildman–Crippen LogP) is 2.55. The minimum atomic E-state index is 0.855. The van der Waals surface area contributed by atoms with Gasteiger partial charge in [0.15, 0.2) is 0 Å². The molecule has 1 aromatic carbocycles. The summed E-state index contributed by atoms with van der Waals surface area (Å²) in [6, 6.07) is 6.60. The highest BCUT2D eigenvalue weighted by Crippen LogP contribution is 2.25. The summed E-state index contributed by atoms with van der Waals surface area (Å²) in [4.78, 5) is 0. The van der Waals surface area contributed by atoms with E-state index in [1.165, 1.54) is 24.0 Å². The van der Waals surface area contributed by atoms with E-state index in [0.717, 1.165) is 38.3 Å². The van der Waals surface area contributed by atoms with Gasteiger partial charge in [0.25, 0.3) is 0 Å². The van der Waals surface area contributed by atoms with E-state index in [-0.39, 0.29) is 0 Å². The number of ether oxygens (including phenoxy) is 1. The van der Waals surface area contributed by atoms with Gasteiger partial charge in [0, 0.05) is 6.42 Å². The lowest BCUT2D eigenvalue weighted by atomic mass is 10.1. The van der Waals surface area contributed by atoms with Gasteiger partial charge in [-0.05, 0) is 43.1 Å². The third kappa shape index (κ3) is 2.99. The van der Waals surface area contributed by atoms with Gasteiger partial charge < -0.3 is 10.1 Å². The molecule has 0 spiro atoms. The topological polar surface area (TPSA) is 21.3 Å². The van der Waals surface area contributed by atoms with Crippen LogP contribution in [0.25, 0.3) is 0 Å². The Hall–Kier alpha value is -1.02. The van der Waals surface area contributed by atoms with Crippen LogP contribution in [0.2, 0.25) is 0 Å². The molecule has 16 heavy (non-hydrogen) atoms. The molecule has 2 nitrogen and oxygen atoms in total. The van der Waals surface area contributed by atoms with Crippen molar-refractivity contribution in [3.8, 4) is 5.75 Å². The minimum absolute atomic E-state index is 0.855. The Bertz CT molecular complexity index is 336. The van der Waals surface area contributed by atoms with E-state index in [1.54, 1.807) is 0 Å². The number of hydrogen-bond acceptors (Lipinski definition) is 2. The van der Waals surface area contributed by atoms with E-state index in [4.69, 9.17) is 4.74 Å². The first-order valence-corrected chi connectivity index (χ1v) is 6.35. The van der Waals surface area contributed by atoms with Gasteiger partial charge in [0.05, 0.1) is 6.61 Å². The van der Waals surface area contributed by atoms with E-state index in [9.17, 15) is 0 Å². The van der Waals surface area contributed by atoms with Crippen LogP contribution in [0.1, 0.15) is 30.9 Å². The summed E-state index contributed by atoms with van der Waals surface area (Å²) in [6.07, 6.45) is 4.74. The van der Waals surface area contributed by atoms with Crippen molar-refractivity contribution >= 4 is 0 Å². The Morgan fingerprint density at radius 3 is 3.12 bits per heavy atom. The summed E-state index contributed by atoms with van der Waals surface area (Å²) in [5, 5.41) is 3.47. The number of benzene rings is 1. The van der Waals surface area contributed by atoms with Crippen molar-refractivity contribution in [1.82, 2.24) is 5.32 Å². The summed E-state index contributed by atoms with van der Waals surface area (Å²) in [6.45, 7) is 5.31. The summed E-state index contributed by atoms with van der Waals surface area (Å²) >= 11 is 0. The van der Waals surface area contributed by atoms with Crippen LogP contribution < -0.4 is 10.1 Å². The molecule has 0 bridgehead atoms. The molecule has 0 aliphatic carbocycles. The largest absolute Gasteiger partial charge is 0.493 e. The van der Waals surface area contributed by atoms with Crippen molar-refractivity contribution in [3.05, 3.63) is 29.3 Å². The smallest absolute Gasteiger partial charge is 0.122 e. The standard InChI is InChI=1S/C14H21NO/c1-2-3-8-15-9-6-12-4-5-14-13(11-12)7-10-16-14/h4-5,11,15H,2-3,6-10H2,1H3. The van der Waals surface area contributed by atoms with E-state index in [2.05, 4.69) is 30.4 Å². The summed E-state index contributed by atoms with van der Waals surface area (Å²) in [5.41, 5.74) is 2.80. The monoisotopic (exact) mass is 219 g/mol. The third-order valence-corrected chi connectivity index (χ3v) is 3.05. The number of fused-ring (bicyclic) bond motifs is 1.